The minimum Gasteiger partial charge on any atom is -0.313 e. The van der Waals surface area contributed by atoms with E-state index in [1.807, 2.05) is 31.3 Å². The van der Waals surface area contributed by atoms with Crippen LogP contribution in [0.4, 0.5) is 8.78 Å². The predicted octanol–water partition coefficient (Wildman–Crippen LogP) is 4.40. The van der Waals surface area contributed by atoms with E-state index in [2.05, 4.69) is 12.2 Å². The highest BCUT2D eigenvalue weighted by atomic mass is 32.2. The molecule has 0 aliphatic heterocycles. The summed E-state index contributed by atoms with van der Waals surface area (Å²) in [6.07, 6.45) is 0. The van der Waals surface area contributed by atoms with Crippen LogP contribution in [0.1, 0.15) is 18.5 Å². The minimum atomic E-state index is -0.817. The Kier molecular flexibility index (Phi) is 4.56. The van der Waals surface area contributed by atoms with Crippen molar-refractivity contribution in [2.24, 2.45) is 0 Å². The van der Waals surface area contributed by atoms with Crippen molar-refractivity contribution < 1.29 is 8.78 Å². The molecule has 0 aromatic heterocycles. The van der Waals surface area contributed by atoms with Gasteiger partial charge in [-0.15, -0.1) is 0 Å². The van der Waals surface area contributed by atoms with Crippen molar-refractivity contribution in [2.75, 3.05) is 7.05 Å². The first-order valence-corrected chi connectivity index (χ1v) is 6.82. The first-order chi connectivity index (χ1) is 9.10. The van der Waals surface area contributed by atoms with E-state index in [4.69, 9.17) is 0 Å². The zero-order valence-electron chi connectivity index (χ0n) is 10.8. The van der Waals surface area contributed by atoms with Crippen LogP contribution in [0, 0.1) is 11.6 Å². The second kappa shape index (κ2) is 6.17. The molecule has 2 aromatic carbocycles. The van der Waals surface area contributed by atoms with Crippen molar-refractivity contribution in [3.05, 3.63) is 59.7 Å². The Balaban J connectivity index is 2.12. The fourth-order valence-corrected chi connectivity index (χ4v) is 2.51. The van der Waals surface area contributed by atoms with Gasteiger partial charge < -0.3 is 5.32 Å². The molecule has 0 saturated carbocycles. The van der Waals surface area contributed by atoms with Crippen molar-refractivity contribution in [3.8, 4) is 0 Å². The van der Waals surface area contributed by atoms with Crippen LogP contribution in [0.25, 0.3) is 0 Å². The third-order valence-corrected chi connectivity index (χ3v) is 3.94. The van der Waals surface area contributed by atoms with Crippen molar-refractivity contribution in [2.45, 2.75) is 22.8 Å². The molecule has 0 aliphatic carbocycles. The average molecular weight is 279 g/mol. The number of nitrogens with one attached hydrogen (secondary N) is 1. The molecule has 0 radical (unpaired) electrons. The molecular formula is C15H15F2NS. The third kappa shape index (κ3) is 3.55. The van der Waals surface area contributed by atoms with Gasteiger partial charge in [-0.05, 0) is 49.9 Å². The number of benzene rings is 2. The molecule has 0 saturated heterocycles. The topological polar surface area (TPSA) is 12.0 Å². The first kappa shape index (κ1) is 14.0. The lowest BCUT2D eigenvalue weighted by atomic mass is 10.1. The summed E-state index contributed by atoms with van der Waals surface area (Å²) in [6, 6.07) is 12.3. The zero-order chi connectivity index (χ0) is 13.8. The van der Waals surface area contributed by atoms with Gasteiger partial charge in [0.2, 0.25) is 0 Å². The van der Waals surface area contributed by atoms with E-state index in [0.29, 0.717) is 10.9 Å². The molecule has 1 atom stereocenters. The molecule has 0 spiro atoms. The summed E-state index contributed by atoms with van der Waals surface area (Å²) in [6.45, 7) is 2.08. The molecule has 2 aromatic rings. The summed E-state index contributed by atoms with van der Waals surface area (Å²) < 4.78 is 25.9. The van der Waals surface area contributed by atoms with Crippen LogP contribution >= 0.6 is 11.8 Å². The number of hydrogen-bond donors (Lipinski definition) is 1. The fraction of sp³-hybridized carbons (Fsp3) is 0.200. The van der Waals surface area contributed by atoms with Crippen molar-refractivity contribution >= 4 is 11.8 Å². The average Bonchev–Trinajstić information content (AvgIpc) is 2.43. The molecule has 0 bridgehead atoms. The SMILES string of the molecule is CNC(C)c1ccc(Sc2ccc(F)c(F)c2)cc1. The van der Waals surface area contributed by atoms with Crippen molar-refractivity contribution in [3.63, 3.8) is 0 Å². The number of halogens is 2. The lowest BCUT2D eigenvalue weighted by Crippen LogP contribution is -2.11. The van der Waals surface area contributed by atoms with E-state index in [9.17, 15) is 8.78 Å². The molecule has 4 heteroatoms. The Morgan fingerprint density at radius 1 is 0.947 bits per heavy atom. The molecule has 100 valence electrons. The molecule has 19 heavy (non-hydrogen) atoms. The molecule has 0 fully saturated rings. The molecule has 1 unspecified atom stereocenters. The number of hydrogen-bond acceptors (Lipinski definition) is 2. The van der Waals surface area contributed by atoms with Crippen molar-refractivity contribution in [1.82, 2.24) is 5.32 Å². The van der Waals surface area contributed by atoms with E-state index >= 15 is 0 Å². The van der Waals surface area contributed by atoms with Crippen molar-refractivity contribution in [1.29, 1.82) is 0 Å². The highest BCUT2D eigenvalue weighted by Gasteiger charge is 2.05. The van der Waals surface area contributed by atoms with Gasteiger partial charge in [0.1, 0.15) is 0 Å². The van der Waals surface area contributed by atoms with Crippen LogP contribution in [0.3, 0.4) is 0 Å². The highest BCUT2D eigenvalue weighted by molar-refractivity contribution is 7.99. The van der Waals surface area contributed by atoms with Crippen LogP contribution < -0.4 is 5.32 Å². The maximum absolute atomic E-state index is 13.1. The van der Waals surface area contributed by atoms with Gasteiger partial charge in [-0.2, -0.15) is 0 Å². The molecule has 0 amide bonds. The van der Waals surface area contributed by atoms with E-state index in [1.54, 1.807) is 6.07 Å². The second-order valence-electron chi connectivity index (χ2n) is 4.26. The van der Waals surface area contributed by atoms with Gasteiger partial charge in [0.25, 0.3) is 0 Å². The molecule has 0 heterocycles. The van der Waals surface area contributed by atoms with Gasteiger partial charge in [-0.3, -0.25) is 0 Å². The summed E-state index contributed by atoms with van der Waals surface area (Å²) in [5.74, 6) is -1.63. The fourth-order valence-electron chi connectivity index (χ4n) is 1.67. The summed E-state index contributed by atoms with van der Waals surface area (Å²) >= 11 is 1.41. The first-order valence-electron chi connectivity index (χ1n) is 6.00. The third-order valence-electron chi connectivity index (χ3n) is 2.94. The second-order valence-corrected chi connectivity index (χ2v) is 5.40. The minimum absolute atomic E-state index is 0.294. The smallest absolute Gasteiger partial charge is 0.159 e. The molecule has 1 nitrogen and oxygen atoms in total. The van der Waals surface area contributed by atoms with Crippen LogP contribution in [0.5, 0.6) is 0 Å². The molecule has 2 rings (SSSR count). The molecule has 1 N–H and O–H groups in total. The summed E-state index contributed by atoms with van der Waals surface area (Å²) in [5.41, 5.74) is 1.19. The predicted molar refractivity (Wildman–Crippen MR) is 74.4 cm³/mol. The summed E-state index contributed by atoms with van der Waals surface area (Å²) in [7, 11) is 1.91. The van der Waals surface area contributed by atoms with Gasteiger partial charge in [0.05, 0.1) is 0 Å². The maximum atomic E-state index is 13.1. The van der Waals surface area contributed by atoms with Gasteiger partial charge in [0.15, 0.2) is 11.6 Å². The van der Waals surface area contributed by atoms with E-state index < -0.39 is 11.6 Å². The Hall–Kier alpha value is -1.39. The molecule has 0 aliphatic rings. The quantitative estimate of drug-likeness (QED) is 0.890. The van der Waals surface area contributed by atoms with Gasteiger partial charge in [-0.1, -0.05) is 23.9 Å². The monoisotopic (exact) mass is 279 g/mol. The maximum Gasteiger partial charge on any atom is 0.159 e. The van der Waals surface area contributed by atoms with E-state index in [1.165, 1.54) is 23.4 Å². The lowest BCUT2D eigenvalue weighted by Gasteiger charge is -2.11. The zero-order valence-corrected chi connectivity index (χ0v) is 11.6. The molecular weight excluding hydrogens is 264 g/mol. The normalized spacial score (nSPS) is 12.4. The Morgan fingerprint density at radius 2 is 1.58 bits per heavy atom. The van der Waals surface area contributed by atoms with Crippen LogP contribution in [0.2, 0.25) is 0 Å². The Bertz CT molecular complexity index is 555. The summed E-state index contributed by atoms with van der Waals surface area (Å²) in [4.78, 5) is 1.69. The van der Waals surface area contributed by atoms with E-state index in [-0.39, 0.29) is 0 Å². The standard InChI is InChI=1S/C15H15F2NS/c1-10(18-2)11-3-5-12(6-4-11)19-13-7-8-14(16)15(17)9-13/h3-10,18H,1-2H3. The highest BCUT2D eigenvalue weighted by Crippen LogP contribution is 2.29. The number of rotatable bonds is 4. The van der Waals surface area contributed by atoms with Crippen LogP contribution in [0.15, 0.2) is 52.3 Å². The van der Waals surface area contributed by atoms with Crippen LogP contribution in [-0.2, 0) is 0 Å². The summed E-state index contributed by atoms with van der Waals surface area (Å²) in [5, 5.41) is 3.17. The van der Waals surface area contributed by atoms with Crippen LogP contribution in [-0.4, -0.2) is 7.05 Å². The van der Waals surface area contributed by atoms with Gasteiger partial charge in [-0.25, -0.2) is 8.78 Å². The largest absolute Gasteiger partial charge is 0.313 e. The van der Waals surface area contributed by atoms with E-state index in [0.717, 1.165) is 11.0 Å². The lowest BCUT2D eigenvalue weighted by molar-refractivity contribution is 0.506. The van der Waals surface area contributed by atoms with Gasteiger partial charge in [0, 0.05) is 15.8 Å². The van der Waals surface area contributed by atoms with Gasteiger partial charge >= 0.3 is 0 Å². The Morgan fingerprint density at radius 3 is 2.16 bits per heavy atom. The Labute approximate surface area is 116 Å².